The second-order valence-corrected chi connectivity index (χ2v) is 7.19. The maximum atomic E-state index is 13.1. The number of rotatable bonds is 3. The second kappa shape index (κ2) is 7.02. The van der Waals surface area contributed by atoms with Gasteiger partial charge in [0, 0.05) is 17.1 Å². The number of carbonyl (C=O) groups excluding carboxylic acids is 1. The molecule has 2 aromatic carbocycles. The van der Waals surface area contributed by atoms with Crippen molar-refractivity contribution in [2.75, 3.05) is 0 Å². The molecule has 29 heavy (non-hydrogen) atoms. The van der Waals surface area contributed by atoms with Crippen molar-refractivity contribution in [2.45, 2.75) is 18.9 Å². The average molecular weight is 381 g/mol. The highest BCUT2D eigenvalue weighted by Crippen LogP contribution is 2.35. The van der Waals surface area contributed by atoms with E-state index in [1.165, 1.54) is 5.56 Å². The molecule has 0 radical (unpaired) electrons. The van der Waals surface area contributed by atoms with E-state index in [4.69, 9.17) is 0 Å². The van der Waals surface area contributed by atoms with Gasteiger partial charge < -0.3 is 10.4 Å². The Bertz CT molecular complexity index is 1220. The van der Waals surface area contributed by atoms with E-state index in [-0.39, 0.29) is 17.5 Å². The zero-order chi connectivity index (χ0) is 19.8. The Kier molecular flexibility index (Phi) is 4.21. The summed E-state index contributed by atoms with van der Waals surface area (Å²) in [6, 6.07) is 21.3. The number of aryl methyl sites for hydroxylation is 1. The number of hydrogen-bond acceptors (Lipinski definition) is 4. The van der Waals surface area contributed by atoms with Crippen LogP contribution in [0.2, 0.25) is 0 Å². The average Bonchev–Trinajstić information content (AvgIpc) is 3.17. The van der Waals surface area contributed by atoms with Gasteiger partial charge in [0.1, 0.15) is 5.52 Å². The van der Waals surface area contributed by atoms with E-state index < -0.39 is 5.91 Å². The third-order valence-corrected chi connectivity index (χ3v) is 5.44. The predicted molar refractivity (Wildman–Crippen MR) is 112 cm³/mol. The summed E-state index contributed by atoms with van der Waals surface area (Å²) < 4.78 is 0. The molecule has 5 rings (SSSR count). The van der Waals surface area contributed by atoms with Crippen molar-refractivity contribution in [3.63, 3.8) is 0 Å². The number of nitrogens with one attached hydrogen (secondary N) is 1. The van der Waals surface area contributed by atoms with Gasteiger partial charge in [-0.2, -0.15) is 0 Å². The van der Waals surface area contributed by atoms with E-state index in [0.29, 0.717) is 16.6 Å². The largest absolute Gasteiger partial charge is 0.504 e. The van der Waals surface area contributed by atoms with E-state index in [1.54, 1.807) is 12.3 Å². The van der Waals surface area contributed by atoms with Crippen molar-refractivity contribution in [1.29, 1.82) is 0 Å². The molecule has 142 valence electrons. The summed E-state index contributed by atoms with van der Waals surface area (Å²) in [5, 5.41) is 14.5. The third-order valence-electron chi connectivity index (χ3n) is 5.44. The lowest BCUT2D eigenvalue weighted by Crippen LogP contribution is -2.28. The summed E-state index contributed by atoms with van der Waals surface area (Å²) in [5.74, 6) is -0.585. The van der Waals surface area contributed by atoms with Gasteiger partial charge in [-0.05, 0) is 36.1 Å². The summed E-state index contributed by atoms with van der Waals surface area (Å²) >= 11 is 0. The Labute approximate surface area is 168 Å². The molecule has 0 spiro atoms. The van der Waals surface area contributed by atoms with Gasteiger partial charge in [-0.1, -0.05) is 54.6 Å². The van der Waals surface area contributed by atoms with Crippen LogP contribution < -0.4 is 5.32 Å². The molecule has 1 amide bonds. The summed E-state index contributed by atoms with van der Waals surface area (Å²) in [5.41, 5.74) is 4.25. The van der Waals surface area contributed by atoms with Gasteiger partial charge in [-0.3, -0.25) is 9.78 Å². The van der Waals surface area contributed by atoms with Gasteiger partial charge in [-0.15, -0.1) is 0 Å². The highest BCUT2D eigenvalue weighted by atomic mass is 16.3. The smallest absolute Gasteiger partial charge is 0.274 e. The fraction of sp³-hybridized carbons (Fsp3) is 0.125. The number of benzene rings is 2. The number of aromatic hydroxyl groups is 1. The first kappa shape index (κ1) is 17.4. The number of pyridine rings is 2. The molecule has 4 aromatic rings. The fourth-order valence-corrected chi connectivity index (χ4v) is 4.03. The Morgan fingerprint density at radius 2 is 1.79 bits per heavy atom. The molecule has 1 atom stereocenters. The lowest BCUT2D eigenvalue weighted by molar-refractivity contribution is 0.0929. The van der Waals surface area contributed by atoms with Gasteiger partial charge in [0.05, 0.1) is 11.7 Å². The summed E-state index contributed by atoms with van der Waals surface area (Å²) in [6.45, 7) is 0. The van der Waals surface area contributed by atoms with Crippen LogP contribution in [-0.4, -0.2) is 21.0 Å². The van der Waals surface area contributed by atoms with Crippen LogP contribution in [0, 0.1) is 0 Å². The highest BCUT2D eigenvalue weighted by molar-refractivity contribution is 6.04. The minimum Gasteiger partial charge on any atom is -0.504 e. The summed E-state index contributed by atoms with van der Waals surface area (Å²) in [7, 11) is 0. The number of hydrogen-bond donors (Lipinski definition) is 2. The van der Waals surface area contributed by atoms with E-state index in [2.05, 4.69) is 21.4 Å². The number of fused-ring (bicyclic) bond motifs is 2. The van der Waals surface area contributed by atoms with Crippen LogP contribution in [0.4, 0.5) is 0 Å². The van der Waals surface area contributed by atoms with Crippen LogP contribution in [0.25, 0.3) is 22.2 Å². The van der Waals surface area contributed by atoms with Crippen molar-refractivity contribution < 1.29 is 9.90 Å². The van der Waals surface area contributed by atoms with Gasteiger partial charge in [0.2, 0.25) is 0 Å². The van der Waals surface area contributed by atoms with Crippen LogP contribution in [0.5, 0.6) is 5.75 Å². The van der Waals surface area contributed by atoms with Gasteiger partial charge in [0.15, 0.2) is 11.4 Å². The first-order valence-electron chi connectivity index (χ1n) is 9.64. The van der Waals surface area contributed by atoms with Gasteiger partial charge >= 0.3 is 0 Å². The maximum absolute atomic E-state index is 13.1. The minimum absolute atomic E-state index is 0.000524. The maximum Gasteiger partial charge on any atom is 0.274 e. The first-order valence-corrected chi connectivity index (χ1v) is 9.64. The highest BCUT2D eigenvalue weighted by Gasteiger charge is 2.27. The third kappa shape index (κ3) is 3.01. The summed E-state index contributed by atoms with van der Waals surface area (Å²) in [6.07, 6.45) is 3.37. The number of carbonyl (C=O) groups is 1. The molecule has 2 aromatic heterocycles. The lowest BCUT2D eigenvalue weighted by atomic mass is 10.0. The summed E-state index contributed by atoms with van der Waals surface area (Å²) in [4.78, 5) is 22.0. The molecule has 0 saturated carbocycles. The van der Waals surface area contributed by atoms with Crippen LogP contribution in [0.15, 0.2) is 72.9 Å². The lowest BCUT2D eigenvalue weighted by Gasteiger charge is -2.16. The molecule has 1 unspecified atom stereocenters. The van der Waals surface area contributed by atoms with Crippen molar-refractivity contribution >= 4 is 16.8 Å². The van der Waals surface area contributed by atoms with Crippen LogP contribution in [0.3, 0.4) is 0 Å². The molecule has 2 N–H and O–H groups in total. The standard InChI is InChI=1S/C24H19N3O2/c28-23-21-18(11-6-14-25-21)20(16-8-2-1-3-9-16)27-22(23)24(29)26-19-13-12-15-7-4-5-10-17(15)19/h1-11,14,19,28H,12-13H2,(H,26,29). The Hall–Kier alpha value is -3.73. The van der Waals surface area contributed by atoms with Crippen molar-refractivity contribution in [3.8, 4) is 17.0 Å². The Morgan fingerprint density at radius 3 is 2.66 bits per heavy atom. The first-order chi connectivity index (χ1) is 14.2. The molecule has 5 heteroatoms. The van der Waals surface area contributed by atoms with Gasteiger partial charge in [-0.25, -0.2) is 4.98 Å². The number of aromatic nitrogens is 2. The molecule has 0 saturated heterocycles. The quantitative estimate of drug-likeness (QED) is 0.551. The van der Waals surface area contributed by atoms with Crippen LogP contribution in [-0.2, 0) is 6.42 Å². The SMILES string of the molecule is O=C(NC1CCc2ccccc21)c1nc(-c2ccccc2)c2cccnc2c1O. The molecular formula is C24H19N3O2. The fourth-order valence-electron chi connectivity index (χ4n) is 4.03. The monoisotopic (exact) mass is 381 g/mol. The van der Waals surface area contributed by atoms with E-state index >= 15 is 0 Å². The topological polar surface area (TPSA) is 75.1 Å². The molecule has 5 nitrogen and oxygen atoms in total. The minimum atomic E-state index is -0.395. The number of nitrogens with zero attached hydrogens (tertiary/aromatic N) is 2. The van der Waals surface area contributed by atoms with E-state index in [0.717, 1.165) is 24.0 Å². The van der Waals surface area contributed by atoms with Crippen LogP contribution in [0.1, 0.15) is 34.1 Å². The van der Waals surface area contributed by atoms with Gasteiger partial charge in [0.25, 0.3) is 5.91 Å². The van der Waals surface area contributed by atoms with E-state index in [9.17, 15) is 9.90 Å². The Morgan fingerprint density at radius 1 is 1.00 bits per heavy atom. The molecular weight excluding hydrogens is 362 g/mol. The zero-order valence-electron chi connectivity index (χ0n) is 15.7. The molecule has 2 heterocycles. The van der Waals surface area contributed by atoms with E-state index in [1.807, 2.05) is 54.6 Å². The zero-order valence-corrected chi connectivity index (χ0v) is 15.7. The predicted octanol–water partition coefficient (Wildman–Crippen LogP) is 4.42. The van der Waals surface area contributed by atoms with Crippen LogP contribution >= 0.6 is 0 Å². The number of amides is 1. The van der Waals surface area contributed by atoms with Crippen molar-refractivity contribution in [3.05, 3.63) is 89.7 Å². The normalized spacial score (nSPS) is 15.2. The molecule has 1 aliphatic carbocycles. The van der Waals surface area contributed by atoms with Crippen molar-refractivity contribution in [2.24, 2.45) is 0 Å². The molecule has 0 bridgehead atoms. The molecule has 0 aliphatic heterocycles. The Balaban J connectivity index is 1.58. The molecule has 0 fully saturated rings. The van der Waals surface area contributed by atoms with Crippen molar-refractivity contribution in [1.82, 2.24) is 15.3 Å². The second-order valence-electron chi connectivity index (χ2n) is 7.19. The molecule has 1 aliphatic rings.